The van der Waals surface area contributed by atoms with E-state index >= 15 is 0 Å². The molecule has 4 nitrogen and oxygen atoms in total. The van der Waals surface area contributed by atoms with Crippen LogP contribution in [0, 0.1) is 0 Å². The smallest absolute Gasteiger partial charge is 0.123 e. The number of ether oxygens (including phenoxy) is 1. The number of aliphatic hydroxyl groups is 1. The highest BCUT2D eigenvalue weighted by atomic mass is 16.5. The van der Waals surface area contributed by atoms with Crippen molar-refractivity contribution >= 4 is 0 Å². The van der Waals surface area contributed by atoms with Gasteiger partial charge in [-0.1, -0.05) is 13.0 Å². The van der Waals surface area contributed by atoms with Gasteiger partial charge >= 0.3 is 0 Å². The lowest BCUT2D eigenvalue weighted by atomic mass is 10.1. The minimum Gasteiger partial charge on any atom is -0.507 e. The number of rotatable bonds is 8. The van der Waals surface area contributed by atoms with Crippen LogP contribution in [0.25, 0.3) is 0 Å². The lowest BCUT2D eigenvalue weighted by Gasteiger charge is -2.13. The number of hydrogen-bond acceptors (Lipinski definition) is 4. The van der Waals surface area contributed by atoms with Crippen LogP contribution in [0.15, 0.2) is 18.2 Å². The van der Waals surface area contributed by atoms with Crippen molar-refractivity contribution in [3.63, 3.8) is 0 Å². The molecular weight excluding hydrogens is 230 g/mol. The average Bonchev–Trinajstić information content (AvgIpc) is 2.35. The SMILES string of the molecule is CCCOc1ccc(CNC(C)CCO)c(O)c1. The first-order chi connectivity index (χ1) is 8.67. The van der Waals surface area contributed by atoms with E-state index in [-0.39, 0.29) is 18.4 Å². The molecule has 0 heterocycles. The Balaban J connectivity index is 2.51. The fourth-order valence-electron chi connectivity index (χ4n) is 1.58. The average molecular weight is 253 g/mol. The fourth-order valence-corrected chi connectivity index (χ4v) is 1.58. The number of aliphatic hydroxyl groups excluding tert-OH is 1. The van der Waals surface area contributed by atoms with Crippen LogP contribution in [0.5, 0.6) is 11.5 Å². The normalized spacial score (nSPS) is 12.4. The maximum absolute atomic E-state index is 9.86. The molecule has 0 radical (unpaired) electrons. The molecule has 3 N–H and O–H groups in total. The molecule has 0 aromatic heterocycles. The zero-order chi connectivity index (χ0) is 13.4. The van der Waals surface area contributed by atoms with Gasteiger partial charge in [-0.2, -0.15) is 0 Å². The van der Waals surface area contributed by atoms with Crippen molar-refractivity contribution in [2.45, 2.75) is 39.3 Å². The van der Waals surface area contributed by atoms with Crippen molar-refractivity contribution in [1.82, 2.24) is 5.32 Å². The molecule has 1 atom stereocenters. The quantitative estimate of drug-likeness (QED) is 0.663. The van der Waals surface area contributed by atoms with Gasteiger partial charge in [0.05, 0.1) is 6.61 Å². The van der Waals surface area contributed by atoms with Gasteiger partial charge in [0.1, 0.15) is 11.5 Å². The van der Waals surface area contributed by atoms with Crippen LogP contribution in [0.4, 0.5) is 0 Å². The minimum atomic E-state index is 0.171. The van der Waals surface area contributed by atoms with E-state index in [0.717, 1.165) is 12.0 Å². The summed E-state index contributed by atoms with van der Waals surface area (Å²) in [7, 11) is 0. The molecular formula is C14H23NO3. The predicted molar refractivity (Wildman–Crippen MR) is 71.9 cm³/mol. The van der Waals surface area contributed by atoms with Crippen LogP contribution < -0.4 is 10.1 Å². The van der Waals surface area contributed by atoms with E-state index in [1.165, 1.54) is 0 Å². The second-order valence-corrected chi connectivity index (χ2v) is 4.43. The molecule has 0 saturated carbocycles. The van der Waals surface area contributed by atoms with Crippen LogP contribution in [0.2, 0.25) is 0 Å². The molecule has 0 aliphatic carbocycles. The molecule has 4 heteroatoms. The Morgan fingerprint density at radius 1 is 1.39 bits per heavy atom. The van der Waals surface area contributed by atoms with E-state index in [1.807, 2.05) is 26.0 Å². The van der Waals surface area contributed by atoms with Gasteiger partial charge in [0.15, 0.2) is 0 Å². The van der Waals surface area contributed by atoms with Crippen LogP contribution in [-0.2, 0) is 6.54 Å². The molecule has 18 heavy (non-hydrogen) atoms. The number of benzene rings is 1. The summed E-state index contributed by atoms with van der Waals surface area (Å²) < 4.78 is 5.44. The predicted octanol–water partition coefficient (Wildman–Crippen LogP) is 2.04. The van der Waals surface area contributed by atoms with E-state index in [1.54, 1.807) is 6.07 Å². The Hall–Kier alpha value is -1.26. The molecule has 0 aliphatic rings. The standard InChI is InChI=1S/C14H23NO3/c1-3-8-18-13-5-4-12(14(17)9-13)10-15-11(2)6-7-16/h4-5,9,11,15-17H,3,6-8,10H2,1-2H3. The third-order valence-electron chi connectivity index (χ3n) is 2.73. The third-order valence-corrected chi connectivity index (χ3v) is 2.73. The van der Waals surface area contributed by atoms with Crippen LogP contribution >= 0.6 is 0 Å². The zero-order valence-electron chi connectivity index (χ0n) is 11.1. The van der Waals surface area contributed by atoms with E-state index < -0.39 is 0 Å². The van der Waals surface area contributed by atoms with Gasteiger partial charge < -0.3 is 20.3 Å². The maximum Gasteiger partial charge on any atom is 0.123 e. The van der Waals surface area contributed by atoms with Crippen molar-refractivity contribution < 1.29 is 14.9 Å². The van der Waals surface area contributed by atoms with Gasteiger partial charge in [0, 0.05) is 30.8 Å². The Labute approximate surface area is 109 Å². The number of phenolic OH excluding ortho intramolecular Hbond substituents is 1. The summed E-state index contributed by atoms with van der Waals surface area (Å²) in [6, 6.07) is 5.59. The van der Waals surface area contributed by atoms with Gasteiger partial charge in [-0.05, 0) is 25.8 Å². The van der Waals surface area contributed by atoms with Crippen LogP contribution in [0.3, 0.4) is 0 Å². The number of aromatic hydroxyl groups is 1. The third kappa shape index (κ3) is 4.94. The lowest BCUT2D eigenvalue weighted by molar-refractivity contribution is 0.268. The van der Waals surface area contributed by atoms with Crippen molar-refractivity contribution in [3.05, 3.63) is 23.8 Å². The molecule has 102 valence electrons. The number of phenols is 1. The summed E-state index contributed by atoms with van der Waals surface area (Å²) in [5.74, 6) is 0.939. The van der Waals surface area contributed by atoms with Crippen molar-refractivity contribution in [1.29, 1.82) is 0 Å². The first-order valence-electron chi connectivity index (χ1n) is 6.46. The maximum atomic E-state index is 9.86. The highest BCUT2D eigenvalue weighted by Gasteiger charge is 2.05. The molecule has 0 saturated heterocycles. The Bertz CT molecular complexity index is 355. The molecule has 0 bridgehead atoms. The summed E-state index contributed by atoms with van der Waals surface area (Å²) in [6.45, 7) is 5.46. The fraction of sp³-hybridized carbons (Fsp3) is 0.571. The molecule has 1 rings (SSSR count). The Morgan fingerprint density at radius 2 is 2.17 bits per heavy atom. The minimum absolute atomic E-state index is 0.171. The van der Waals surface area contributed by atoms with Gasteiger partial charge in [-0.25, -0.2) is 0 Å². The molecule has 1 aromatic carbocycles. The molecule has 0 aliphatic heterocycles. The lowest BCUT2D eigenvalue weighted by Crippen LogP contribution is -2.26. The molecule has 0 fully saturated rings. The topological polar surface area (TPSA) is 61.7 Å². The second kappa shape index (κ2) is 7.95. The van der Waals surface area contributed by atoms with Crippen LogP contribution in [-0.4, -0.2) is 29.5 Å². The van der Waals surface area contributed by atoms with Crippen molar-refractivity contribution in [2.24, 2.45) is 0 Å². The largest absolute Gasteiger partial charge is 0.507 e. The van der Waals surface area contributed by atoms with E-state index in [2.05, 4.69) is 5.32 Å². The molecule has 1 unspecified atom stereocenters. The highest BCUT2D eigenvalue weighted by Crippen LogP contribution is 2.23. The first kappa shape index (κ1) is 14.8. The number of hydrogen-bond donors (Lipinski definition) is 3. The molecule has 0 spiro atoms. The summed E-state index contributed by atoms with van der Waals surface area (Å²) in [4.78, 5) is 0. The highest BCUT2D eigenvalue weighted by molar-refractivity contribution is 5.39. The van der Waals surface area contributed by atoms with Gasteiger partial charge in [-0.15, -0.1) is 0 Å². The van der Waals surface area contributed by atoms with E-state index in [4.69, 9.17) is 9.84 Å². The summed E-state index contributed by atoms with van der Waals surface area (Å²) in [5.41, 5.74) is 0.837. The summed E-state index contributed by atoms with van der Waals surface area (Å²) in [6.07, 6.45) is 1.65. The van der Waals surface area contributed by atoms with E-state index in [9.17, 15) is 5.11 Å². The molecule has 1 aromatic rings. The van der Waals surface area contributed by atoms with Crippen molar-refractivity contribution in [2.75, 3.05) is 13.2 Å². The first-order valence-corrected chi connectivity index (χ1v) is 6.46. The zero-order valence-corrected chi connectivity index (χ0v) is 11.1. The Morgan fingerprint density at radius 3 is 2.78 bits per heavy atom. The van der Waals surface area contributed by atoms with Gasteiger partial charge in [0.2, 0.25) is 0 Å². The summed E-state index contributed by atoms with van der Waals surface area (Å²) >= 11 is 0. The van der Waals surface area contributed by atoms with E-state index in [0.29, 0.717) is 25.3 Å². The summed E-state index contributed by atoms with van der Waals surface area (Å²) in [5, 5.41) is 21.9. The van der Waals surface area contributed by atoms with Gasteiger partial charge in [0.25, 0.3) is 0 Å². The number of nitrogens with one attached hydrogen (secondary N) is 1. The second-order valence-electron chi connectivity index (χ2n) is 4.43. The monoisotopic (exact) mass is 253 g/mol. The molecule has 0 amide bonds. The van der Waals surface area contributed by atoms with Gasteiger partial charge in [-0.3, -0.25) is 0 Å². The van der Waals surface area contributed by atoms with Crippen molar-refractivity contribution in [3.8, 4) is 11.5 Å². The Kier molecular flexibility index (Phi) is 6.54. The van der Waals surface area contributed by atoms with Crippen LogP contribution in [0.1, 0.15) is 32.3 Å².